The summed E-state index contributed by atoms with van der Waals surface area (Å²) < 4.78 is 36.5. The van der Waals surface area contributed by atoms with E-state index in [4.69, 9.17) is 9.47 Å². The van der Waals surface area contributed by atoms with Crippen molar-refractivity contribution in [2.75, 3.05) is 25.2 Å². The van der Waals surface area contributed by atoms with Crippen molar-refractivity contribution in [3.05, 3.63) is 40.7 Å². The second kappa shape index (κ2) is 10.4. The molecule has 9 nitrogen and oxygen atoms in total. The number of hydrogen-bond acceptors (Lipinski definition) is 7. The van der Waals surface area contributed by atoms with Gasteiger partial charge in [0.25, 0.3) is 5.91 Å². The van der Waals surface area contributed by atoms with E-state index in [9.17, 15) is 13.2 Å². The number of rotatable bonds is 9. The van der Waals surface area contributed by atoms with E-state index in [1.165, 1.54) is 13.3 Å². The summed E-state index contributed by atoms with van der Waals surface area (Å²) in [6, 6.07) is 4.82. The SMILES string of the molecule is COc1cc(C(=O)N/N=C/c2c(C)nn(C3CCS(=O)(=O)C3)c2C)ccc1OCCC(C)C. The van der Waals surface area contributed by atoms with Crippen molar-refractivity contribution in [1.29, 1.82) is 0 Å². The molecule has 1 aliphatic rings. The zero-order valence-electron chi connectivity index (χ0n) is 19.8. The fourth-order valence-corrected chi connectivity index (χ4v) is 5.43. The number of carbonyl (C=O) groups excluding carboxylic acids is 1. The Balaban J connectivity index is 1.66. The summed E-state index contributed by atoms with van der Waals surface area (Å²) in [5, 5.41) is 8.59. The molecule has 1 atom stereocenters. The minimum atomic E-state index is -3.01. The van der Waals surface area contributed by atoms with Crippen LogP contribution in [0.2, 0.25) is 0 Å². The highest BCUT2D eigenvalue weighted by Gasteiger charge is 2.31. The van der Waals surface area contributed by atoms with E-state index in [1.54, 1.807) is 22.9 Å². The maximum atomic E-state index is 12.6. The second-order valence-electron chi connectivity index (χ2n) is 8.68. The predicted octanol–water partition coefficient (Wildman–Crippen LogP) is 3.06. The lowest BCUT2D eigenvalue weighted by Crippen LogP contribution is -2.18. The van der Waals surface area contributed by atoms with Crippen LogP contribution < -0.4 is 14.9 Å². The molecule has 2 heterocycles. The third kappa shape index (κ3) is 6.13. The first-order valence-electron chi connectivity index (χ1n) is 11.0. The van der Waals surface area contributed by atoms with Crippen LogP contribution in [0, 0.1) is 19.8 Å². The maximum Gasteiger partial charge on any atom is 0.271 e. The third-order valence-corrected chi connectivity index (χ3v) is 7.42. The highest BCUT2D eigenvalue weighted by molar-refractivity contribution is 7.91. The number of benzene rings is 1. The van der Waals surface area contributed by atoms with E-state index >= 15 is 0 Å². The van der Waals surface area contributed by atoms with Crippen molar-refractivity contribution < 1.29 is 22.7 Å². The number of nitrogens with one attached hydrogen (secondary N) is 1. The van der Waals surface area contributed by atoms with Gasteiger partial charge in [-0.3, -0.25) is 9.48 Å². The summed E-state index contributed by atoms with van der Waals surface area (Å²) in [7, 11) is -1.48. The van der Waals surface area contributed by atoms with Gasteiger partial charge in [0.15, 0.2) is 21.3 Å². The van der Waals surface area contributed by atoms with Crippen LogP contribution in [0.5, 0.6) is 11.5 Å². The van der Waals surface area contributed by atoms with E-state index in [-0.39, 0.29) is 23.5 Å². The van der Waals surface area contributed by atoms with E-state index in [0.29, 0.717) is 36.0 Å². The molecule has 1 fully saturated rings. The number of ether oxygens (including phenoxy) is 2. The molecule has 0 spiro atoms. The van der Waals surface area contributed by atoms with Gasteiger partial charge in [0, 0.05) is 16.8 Å². The van der Waals surface area contributed by atoms with Crippen molar-refractivity contribution in [3.63, 3.8) is 0 Å². The van der Waals surface area contributed by atoms with Crippen LogP contribution >= 0.6 is 0 Å². The Labute approximate surface area is 195 Å². The Morgan fingerprint density at radius 1 is 1.33 bits per heavy atom. The summed E-state index contributed by atoms with van der Waals surface area (Å²) in [4.78, 5) is 12.6. The molecule has 10 heteroatoms. The minimum absolute atomic E-state index is 0.0985. The Kier molecular flexibility index (Phi) is 7.78. The summed E-state index contributed by atoms with van der Waals surface area (Å²) in [6.07, 6.45) is 3.01. The molecule has 0 radical (unpaired) electrons. The zero-order valence-corrected chi connectivity index (χ0v) is 20.6. The van der Waals surface area contributed by atoms with Gasteiger partial charge in [0.2, 0.25) is 0 Å². The van der Waals surface area contributed by atoms with Gasteiger partial charge in [-0.15, -0.1) is 0 Å². The van der Waals surface area contributed by atoms with Gasteiger partial charge in [-0.2, -0.15) is 10.2 Å². The lowest BCUT2D eigenvalue weighted by Gasteiger charge is -2.12. The van der Waals surface area contributed by atoms with Gasteiger partial charge in [-0.25, -0.2) is 13.8 Å². The monoisotopic (exact) mass is 476 g/mol. The fourth-order valence-electron chi connectivity index (χ4n) is 3.74. The molecular formula is C23H32N4O5S. The van der Waals surface area contributed by atoms with Crippen molar-refractivity contribution in [3.8, 4) is 11.5 Å². The first-order chi connectivity index (χ1) is 15.6. The number of carbonyl (C=O) groups is 1. The van der Waals surface area contributed by atoms with Crippen LogP contribution in [0.3, 0.4) is 0 Å². The molecule has 0 aliphatic carbocycles. The van der Waals surface area contributed by atoms with E-state index < -0.39 is 9.84 Å². The van der Waals surface area contributed by atoms with Gasteiger partial charge in [0.05, 0.1) is 43.2 Å². The molecule has 3 rings (SSSR count). The van der Waals surface area contributed by atoms with Crippen molar-refractivity contribution in [2.45, 2.75) is 46.6 Å². The number of aromatic nitrogens is 2. The summed E-state index contributed by atoms with van der Waals surface area (Å²) in [5.74, 6) is 1.50. The summed E-state index contributed by atoms with van der Waals surface area (Å²) in [6.45, 7) is 8.53. The number of amides is 1. The maximum absolute atomic E-state index is 12.6. The quantitative estimate of drug-likeness (QED) is 0.440. The topological polar surface area (TPSA) is 112 Å². The average Bonchev–Trinajstić information content (AvgIpc) is 3.26. The van der Waals surface area contributed by atoms with E-state index in [2.05, 4.69) is 29.5 Å². The molecule has 1 saturated heterocycles. The van der Waals surface area contributed by atoms with Crippen LogP contribution in [0.1, 0.15) is 60.0 Å². The molecule has 0 saturated carbocycles. The molecule has 1 aromatic heterocycles. The summed E-state index contributed by atoms with van der Waals surface area (Å²) in [5.41, 5.74) is 5.21. The van der Waals surface area contributed by atoms with Crippen LogP contribution in [0.15, 0.2) is 23.3 Å². The van der Waals surface area contributed by atoms with Crippen LogP contribution in [0.4, 0.5) is 0 Å². The molecule has 2 aromatic rings. The molecule has 0 bridgehead atoms. The lowest BCUT2D eigenvalue weighted by atomic mass is 10.1. The standard InChI is InChI=1S/C23H32N4O5S/c1-15(2)8-10-32-21-7-6-18(12-22(21)31-5)23(28)25-24-13-20-16(3)26-27(17(20)4)19-9-11-33(29,30)14-19/h6-7,12-13,15,19H,8-11,14H2,1-5H3,(H,25,28)/b24-13+. The van der Waals surface area contributed by atoms with Crippen LogP contribution in [-0.2, 0) is 9.84 Å². The van der Waals surface area contributed by atoms with E-state index in [1.807, 2.05) is 13.8 Å². The molecule has 1 aromatic carbocycles. The fraction of sp³-hybridized carbons (Fsp3) is 0.522. The summed E-state index contributed by atoms with van der Waals surface area (Å²) >= 11 is 0. The van der Waals surface area contributed by atoms with Crippen molar-refractivity contribution in [2.24, 2.45) is 11.0 Å². The lowest BCUT2D eigenvalue weighted by molar-refractivity contribution is 0.0954. The van der Waals surface area contributed by atoms with Crippen LogP contribution in [-0.4, -0.2) is 55.5 Å². The Morgan fingerprint density at radius 2 is 2.09 bits per heavy atom. The molecular weight excluding hydrogens is 444 g/mol. The van der Waals surface area contributed by atoms with Gasteiger partial charge < -0.3 is 9.47 Å². The number of hydrazone groups is 1. The Bertz CT molecular complexity index is 1140. The highest BCUT2D eigenvalue weighted by Crippen LogP contribution is 2.29. The number of hydrogen-bond donors (Lipinski definition) is 1. The van der Waals surface area contributed by atoms with Gasteiger partial charge in [-0.05, 0) is 50.8 Å². The van der Waals surface area contributed by atoms with Crippen molar-refractivity contribution >= 4 is 22.0 Å². The number of sulfone groups is 1. The Hall–Kier alpha value is -2.88. The molecule has 33 heavy (non-hydrogen) atoms. The smallest absolute Gasteiger partial charge is 0.271 e. The highest BCUT2D eigenvalue weighted by atomic mass is 32.2. The van der Waals surface area contributed by atoms with Gasteiger partial charge in [-0.1, -0.05) is 13.8 Å². The van der Waals surface area contributed by atoms with Gasteiger partial charge in [0.1, 0.15) is 0 Å². The molecule has 1 amide bonds. The number of methoxy groups -OCH3 is 1. The first-order valence-corrected chi connectivity index (χ1v) is 12.8. The number of nitrogens with zero attached hydrogens (tertiary/aromatic N) is 3. The average molecular weight is 477 g/mol. The number of aryl methyl sites for hydroxylation is 1. The zero-order chi connectivity index (χ0) is 24.2. The molecule has 180 valence electrons. The first kappa shape index (κ1) is 24.8. The predicted molar refractivity (Wildman–Crippen MR) is 127 cm³/mol. The van der Waals surface area contributed by atoms with Crippen LogP contribution in [0.25, 0.3) is 0 Å². The van der Waals surface area contributed by atoms with Gasteiger partial charge >= 0.3 is 0 Å². The van der Waals surface area contributed by atoms with E-state index in [0.717, 1.165) is 23.4 Å². The molecule has 1 aliphatic heterocycles. The largest absolute Gasteiger partial charge is 0.493 e. The Morgan fingerprint density at radius 3 is 2.73 bits per heavy atom. The molecule has 1 N–H and O–H groups in total. The normalized spacial score (nSPS) is 17.6. The molecule has 1 unspecified atom stereocenters. The minimum Gasteiger partial charge on any atom is -0.493 e. The third-order valence-electron chi connectivity index (χ3n) is 5.67. The second-order valence-corrected chi connectivity index (χ2v) is 10.9. The van der Waals surface area contributed by atoms with Crippen molar-refractivity contribution in [1.82, 2.24) is 15.2 Å².